The van der Waals surface area contributed by atoms with Gasteiger partial charge in [0, 0.05) is 25.2 Å². The van der Waals surface area contributed by atoms with Crippen LogP contribution in [0.15, 0.2) is 34.7 Å². The Kier molecular flexibility index (Phi) is 5.50. The number of nitrogens with zero attached hydrogens (tertiary/aromatic N) is 4. The summed E-state index contributed by atoms with van der Waals surface area (Å²) in [5.74, 6) is 1.44. The molecular weight excluding hydrogens is 344 g/mol. The van der Waals surface area contributed by atoms with E-state index in [2.05, 4.69) is 22.0 Å². The zero-order chi connectivity index (χ0) is 18.6. The van der Waals surface area contributed by atoms with Gasteiger partial charge in [-0.1, -0.05) is 18.2 Å². The van der Waals surface area contributed by atoms with Gasteiger partial charge in [0.25, 0.3) is 0 Å². The molecule has 27 heavy (non-hydrogen) atoms. The fourth-order valence-electron chi connectivity index (χ4n) is 3.86. The molecule has 1 aromatic heterocycles. The summed E-state index contributed by atoms with van der Waals surface area (Å²) in [4.78, 5) is 17.1. The molecule has 1 amide bonds. The Morgan fingerprint density at radius 3 is 2.70 bits per heavy atom. The molecule has 2 unspecified atom stereocenters. The van der Waals surface area contributed by atoms with Gasteiger partial charge >= 0.3 is 0 Å². The largest absolute Gasteiger partial charge is 0.419 e. The maximum Gasteiger partial charge on any atom is 0.247 e. The van der Waals surface area contributed by atoms with E-state index in [1.165, 1.54) is 0 Å². The van der Waals surface area contributed by atoms with E-state index in [0.717, 1.165) is 31.5 Å². The van der Waals surface area contributed by atoms with Crippen LogP contribution in [0, 0.1) is 5.92 Å². The molecule has 4 rings (SSSR count). The molecule has 3 heterocycles. The highest BCUT2D eigenvalue weighted by Crippen LogP contribution is 2.28. The third kappa shape index (κ3) is 4.04. The number of benzene rings is 1. The number of likely N-dealkylation sites (tertiary alicyclic amines) is 1. The highest BCUT2D eigenvalue weighted by atomic mass is 16.5. The number of rotatable bonds is 4. The first-order valence-corrected chi connectivity index (χ1v) is 9.72. The first kappa shape index (κ1) is 18.1. The zero-order valence-corrected chi connectivity index (χ0v) is 15.7. The van der Waals surface area contributed by atoms with Crippen molar-refractivity contribution < 1.29 is 13.9 Å². The Bertz CT molecular complexity index is 758. The fourth-order valence-corrected chi connectivity index (χ4v) is 3.86. The Morgan fingerprint density at radius 2 is 1.93 bits per heavy atom. The van der Waals surface area contributed by atoms with Gasteiger partial charge < -0.3 is 14.1 Å². The molecule has 0 spiro atoms. The zero-order valence-electron chi connectivity index (χ0n) is 15.7. The Balaban J connectivity index is 1.42. The van der Waals surface area contributed by atoms with Crippen molar-refractivity contribution in [1.29, 1.82) is 0 Å². The number of amides is 1. The third-order valence-electron chi connectivity index (χ3n) is 5.49. The van der Waals surface area contributed by atoms with Crippen LogP contribution in [0.2, 0.25) is 0 Å². The quantitative estimate of drug-likeness (QED) is 0.823. The monoisotopic (exact) mass is 370 g/mol. The minimum absolute atomic E-state index is 0.00440. The summed E-state index contributed by atoms with van der Waals surface area (Å²) in [5, 5.41) is 8.45. The van der Waals surface area contributed by atoms with E-state index in [4.69, 9.17) is 9.15 Å². The molecule has 0 aliphatic carbocycles. The second kappa shape index (κ2) is 8.19. The van der Waals surface area contributed by atoms with Gasteiger partial charge in [-0.25, -0.2) is 0 Å². The predicted molar refractivity (Wildman–Crippen MR) is 99.8 cm³/mol. The van der Waals surface area contributed by atoms with Gasteiger partial charge in [-0.3, -0.25) is 9.69 Å². The molecule has 2 fully saturated rings. The average Bonchev–Trinajstić information content (AvgIpc) is 3.24. The van der Waals surface area contributed by atoms with E-state index in [1.54, 1.807) is 0 Å². The van der Waals surface area contributed by atoms with Crippen LogP contribution in [0.3, 0.4) is 0 Å². The number of carbonyl (C=O) groups excluding carboxylic acids is 1. The standard InChI is InChI=1S/C20H26N4O3/c1-15(18-21-22-19(27-18)16-6-3-2-4-7-16)24-9-5-8-17(14-24)20(25)23-10-12-26-13-11-23/h2-4,6-7,15,17H,5,8-14H2,1H3. The van der Waals surface area contributed by atoms with Crippen molar-refractivity contribution >= 4 is 5.91 Å². The van der Waals surface area contributed by atoms with Gasteiger partial charge in [0.15, 0.2) is 0 Å². The molecule has 0 saturated carbocycles. The number of morpholine rings is 1. The molecule has 0 radical (unpaired) electrons. The van der Waals surface area contributed by atoms with Gasteiger partial charge in [-0.2, -0.15) is 0 Å². The first-order chi connectivity index (χ1) is 13.2. The number of carbonyl (C=O) groups is 1. The van der Waals surface area contributed by atoms with E-state index in [9.17, 15) is 4.79 Å². The van der Waals surface area contributed by atoms with Crippen LogP contribution < -0.4 is 0 Å². The molecule has 2 aromatic rings. The minimum atomic E-state index is -0.00440. The maximum atomic E-state index is 12.8. The Hall–Kier alpha value is -2.25. The third-order valence-corrected chi connectivity index (χ3v) is 5.49. The van der Waals surface area contributed by atoms with Gasteiger partial charge in [-0.05, 0) is 38.4 Å². The van der Waals surface area contributed by atoms with Crippen molar-refractivity contribution in [3.8, 4) is 11.5 Å². The van der Waals surface area contributed by atoms with Gasteiger partial charge in [-0.15, -0.1) is 10.2 Å². The summed E-state index contributed by atoms with van der Waals surface area (Å²) in [6, 6.07) is 9.78. The van der Waals surface area contributed by atoms with Crippen LogP contribution in [0.5, 0.6) is 0 Å². The van der Waals surface area contributed by atoms with Crippen molar-refractivity contribution in [1.82, 2.24) is 20.0 Å². The van der Waals surface area contributed by atoms with Crippen molar-refractivity contribution in [3.05, 3.63) is 36.2 Å². The molecule has 2 aliphatic rings. The lowest BCUT2D eigenvalue weighted by atomic mass is 9.95. The van der Waals surface area contributed by atoms with Crippen LogP contribution in [-0.2, 0) is 9.53 Å². The van der Waals surface area contributed by atoms with E-state index >= 15 is 0 Å². The average molecular weight is 370 g/mol. The summed E-state index contributed by atoms with van der Waals surface area (Å²) < 4.78 is 11.3. The molecule has 0 N–H and O–H groups in total. The summed E-state index contributed by atoms with van der Waals surface area (Å²) in [7, 11) is 0. The maximum absolute atomic E-state index is 12.8. The SMILES string of the molecule is CC(c1nnc(-c2ccccc2)o1)N1CCCC(C(=O)N2CCOCC2)C1. The van der Waals surface area contributed by atoms with Crippen molar-refractivity contribution in [3.63, 3.8) is 0 Å². The molecule has 2 aliphatic heterocycles. The van der Waals surface area contributed by atoms with Crippen LogP contribution in [0.25, 0.3) is 11.5 Å². The smallest absolute Gasteiger partial charge is 0.247 e. The Labute approximate surface area is 159 Å². The summed E-state index contributed by atoms with van der Waals surface area (Å²) in [5.41, 5.74) is 0.919. The summed E-state index contributed by atoms with van der Waals surface area (Å²) >= 11 is 0. The second-order valence-corrected chi connectivity index (χ2v) is 7.26. The van der Waals surface area contributed by atoms with Crippen LogP contribution in [0.4, 0.5) is 0 Å². The molecule has 144 valence electrons. The lowest BCUT2D eigenvalue weighted by molar-refractivity contribution is -0.141. The molecular formula is C20H26N4O3. The van der Waals surface area contributed by atoms with Gasteiger partial charge in [0.05, 0.1) is 25.2 Å². The molecule has 7 heteroatoms. The normalized spacial score (nSPS) is 22.6. The highest BCUT2D eigenvalue weighted by molar-refractivity contribution is 5.79. The van der Waals surface area contributed by atoms with Gasteiger partial charge in [0.2, 0.25) is 17.7 Å². The number of hydrogen-bond acceptors (Lipinski definition) is 6. The summed E-state index contributed by atoms with van der Waals surface area (Å²) in [6.45, 7) is 6.44. The van der Waals surface area contributed by atoms with Gasteiger partial charge in [0.1, 0.15) is 0 Å². The van der Waals surface area contributed by atoms with Crippen LogP contribution in [-0.4, -0.2) is 65.3 Å². The number of hydrogen-bond donors (Lipinski definition) is 0. The molecule has 7 nitrogen and oxygen atoms in total. The summed E-state index contributed by atoms with van der Waals surface area (Å²) in [6.07, 6.45) is 1.95. The first-order valence-electron chi connectivity index (χ1n) is 9.72. The van der Waals surface area contributed by atoms with Crippen molar-refractivity contribution in [2.24, 2.45) is 5.92 Å². The van der Waals surface area contributed by atoms with E-state index in [-0.39, 0.29) is 17.9 Å². The lowest BCUT2D eigenvalue weighted by Gasteiger charge is -2.37. The van der Waals surface area contributed by atoms with Crippen molar-refractivity contribution in [2.75, 3.05) is 39.4 Å². The predicted octanol–water partition coefficient (Wildman–Crippen LogP) is 2.37. The van der Waals surface area contributed by atoms with E-state index in [1.807, 2.05) is 35.2 Å². The number of aromatic nitrogens is 2. The van der Waals surface area contributed by atoms with E-state index in [0.29, 0.717) is 38.1 Å². The minimum Gasteiger partial charge on any atom is -0.419 e. The highest BCUT2D eigenvalue weighted by Gasteiger charge is 2.33. The lowest BCUT2D eigenvalue weighted by Crippen LogP contribution is -2.48. The van der Waals surface area contributed by atoms with Crippen molar-refractivity contribution in [2.45, 2.75) is 25.8 Å². The fraction of sp³-hybridized carbons (Fsp3) is 0.550. The number of piperidine rings is 1. The van der Waals surface area contributed by atoms with Crippen LogP contribution >= 0.6 is 0 Å². The molecule has 2 saturated heterocycles. The topological polar surface area (TPSA) is 71.7 Å². The van der Waals surface area contributed by atoms with Crippen LogP contribution in [0.1, 0.15) is 31.7 Å². The van der Waals surface area contributed by atoms with E-state index < -0.39 is 0 Å². The number of ether oxygens (including phenoxy) is 1. The Morgan fingerprint density at radius 1 is 1.15 bits per heavy atom. The molecule has 1 aromatic carbocycles. The molecule has 2 atom stereocenters. The second-order valence-electron chi connectivity index (χ2n) is 7.26. The molecule has 0 bridgehead atoms.